The highest BCUT2D eigenvalue weighted by Gasteiger charge is 2.16. The second-order valence-corrected chi connectivity index (χ2v) is 3.62. The summed E-state index contributed by atoms with van der Waals surface area (Å²) in [6.07, 6.45) is 0.230. The molecule has 0 aliphatic heterocycles. The minimum atomic E-state index is -0.710. The fourth-order valence-electron chi connectivity index (χ4n) is 1.45. The summed E-state index contributed by atoms with van der Waals surface area (Å²) in [6, 6.07) is 8.80. The lowest BCUT2D eigenvalue weighted by Gasteiger charge is -2.13. The molecule has 0 heterocycles. The van der Waals surface area contributed by atoms with E-state index in [4.69, 9.17) is 6.48 Å². The number of rotatable bonds is 7. The van der Waals surface area contributed by atoms with Crippen LogP contribution in [0.4, 0.5) is 0 Å². The van der Waals surface area contributed by atoms with Crippen LogP contribution in [0.1, 0.15) is 13.4 Å². The van der Waals surface area contributed by atoms with Gasteiger partial charge in [-0.25, -0.2) is 0 Å². The van der Waals surface area contributed by atoms with Crippen molar-refractivity contribution in [2.75, 3.05) is 20.3 Å². The van der Waals surface area contributed by atoms with E-state index in [2.05, 4.69) is 10.1 Å². The van der Waals surface area contributed by atoms with Crippen LogP contribution in [0.3, 0.4) is 0 Å². The third kappa shape index (κ3) is 4.97. The Hall–Kier alpha value is -1.39. The Kier molecular flexibility index (Phi) is 5.55. The fraction of sp³-hybridized carbons (Fsp3) is 0.462. The number of carbonyl (C=O) groups excluding carboxylic acids is 1. The quantitative estimate of drug-likeness (QED) is 0.688. The molecule has 1 aromatic rings. The summed E-state index contributed by atoms with van der Waals surface area (Å²) in [5.41, 5.74) is 0.943. The van der Waals surface area contributed by atoms with E-state index in [1.165, 1.54) is 7.11 Å². The molecule has 4 nitrogen and oxygen atoms in total. The molecular formula is C13H19NO3. The Bertz CT molecular complexity index is 359. The Labute approximate surface area is 103 Å². The molecule has 0 aliphatic carbocycles. The number of aliphatic hydroxyl groups excluding tert-OH is 1. The third-order valence-electron chi connectivity index (χ3n) is 2.38. The molecule has 0 bridgehead atoms. The topological polar surface area (TPSA) is 58.6 Å². The van der Waals surface area contributed by atoms with Gasteiger partial charge < -0.3 is 15.2 Å². The SMILES string of the molecule is [2H]C(CCN[C@@H](CO)C(=O)OC)c1ccccc1. The number of ether oxygens (including phenoxy) is 1. The standard InChI is InChI=1S/C13H19NO3/c1-17-13(16)12(10-15)14-9-5-8-11-6-3-2-4-7-11/h2-4,6-7,12,14-15H,5,8-10H2,1H3/t12-/m0/s1/i8D/t8?,12-. The first-order chi connectivity index (χ1) is 8.69. The maximum Gasteiger partial charge on any atom is 0.325 e. The van der Waals surface area contributed by atoms with E-state index < -0.39 is 12.0 Å². The highest BCUT2D eigenvalue weighted by atomic mass is 16.5. The highest BCUT2D eigenvalue weighted by molar-refractivity contribution is 5.75. The van der Waals surface area contributed by atoms with Crippen LogP contribution in [0.5, 0.6) is 0 Å². The van der Waals surface area contributed by atoms with E-state index in [9.17, 15) is 4.79 Å². The second-order valence-electron chi connectivity index (χ2n) is 3.62. The summed E-state index contributed by atoms with van der Waals surface area (Å²) in [4.78, 5) is 11.2. The number of nitrogens with one attached hydrogen (secondary N) is 1. The van der Waals surface area contributed by atoms with Crippen molar-refractivity contribution in [3.8, 4) is 0 Å². The van der Waals surface area contributed by atoms with Gasteiger partial charge in [-0.1, -0.05) is 30.3 Å². The Balaban J connectivity index is 2.35. The summed E-state index contributed by atoms with van der Waals surface area (Å²) in [5, 5.41) is 11.9. The molecule has 2 N–H and O–H groups in total. The number of benzene rings is 1. The normalized spacial score (nSPS) is 14.8. The summed E-state index contributed by atoms with van der Waals surface area (Å²) >= 11 is 0. The maximum atomic E-state index is 11.2. The van der Waals surface area contributed by atoms with Crippen LogP contribution in [-0.2, 0) is 15.9 Å². The van der Waals surface area contributed by atoms with Gasteiger partial charge in [0.25, 0.3) is 0 Å². The second kappa shape index (κ2) is 7.81. The van der Waals surface area contributed by atoms with Crippen LogP contribution < -0.4 is 5.32 Å². The number of carbonyl (C=O) groups is 1. The van der Waals surface area contributed by atoms with Crippen LogP contribution in [0.15, 0.2) is 30.3 Å². The Morgan fingerprint density at radius 3 is 2.82 bits per heavy atom. The first kappa shape index (κ1) is 12.1. The molecule has 0 aromatic heterocycles. The maximum absolute atomic E-state index is 11.2. The average Bonchev–Trinajstić information content (AvgIpc) is 2.43. The summed E-state index contributed by atoms with van der Waals surface area (Å²) in [7, 11) is 1.28. The zero-order chi connectivity index (χ0) is 13.4. The molecular weight excluding hydrogens is 218 g/mol. The van der Waals surface area contributed by atoms with Gasteiger partial charge >= 0.3 is 5.97 Å². The third-order valence-corrected chi connectivity index (χ3v) is 2.38. The lowest BCUT2D eigenvalue weighted by molar-refractivity contribution is -0.144. The van der Waals surface area contributed by atoms with E-state index in [0.717, 1.165) is 5.56 Å². The van der Waals surface area contributed by atoms with Gasteiger partial charge in [-0.15, -0.1) is 0 Å². The summed E-state index contributed by atoms with van der Waals surface area (Å²) < 4.78 is 12.5. The molecule has 4 heteroatoms. The molecule has 2 atom stereocenters. The number of aliphatic hydroxyl groups is 1. The van der Waals surface area contributed by atoms with Crippen molar-refractivity contribution in [3.63, 3.8) is 0 Å². The van der Waals surface area contributed by atoms with Crippen molar-refractivity contribution >= 4 is 5.97 Å². The van der Waals surface area contributed by atoms with E-state index in [1.807, 2.05) is 30.3 Å². The summed E-state index contributed by atoms with van der Waals surface area (Å²) in [6.45, 7) is 0.171. The molecule has 0 radical (unpaired) electrons. The lowest BCUT2D eigenvalue weighted by atomic mass is 10.1. The molecule has 0 spiro atoms. The minimum Gasteiger partial charge on any atom is -0.468 e. The van der Waals surface area contributed by atoms with Gasteiger partial charge in [-0.3, -0.25) is 4.79 Å². The molecule has 0 saturated heterocycles. The van der Waals surface area contributed by atoms with Gasteiger partial charge in [-0.2, -0.15) is 0 Å². The molecule has 17 heavy (non-hydrogen) atoms. The number of esters is 1. The first-order valence-corrected chi connectivity index (χ1v) is 5.58. The zero-order valence-electron chi connectivity index (χ0n) is 10.9. The van der Waals surface area contributed by atoms with E-state index in [-0.39, 0.29) is 13.0 Å². The van der Waals surface area contributed by atoms with Crippen LogP contribution >= 0.6 is 0 Å². The van der Waals surface area contributed by atoms with Crippen molar-refractivity contribution in [1.82, 2.24) is 5.32 Å². The molecule has 0 fully saturated rings. The predicted octanol–water partition coefficient (Wildman–Crippen LogP) is 0.743. The van der Waals surface area contributed by atoms with Crippen LogP contribution in [-0.4, -0.2) is 37.4 Å². The summed E-state index contributed by atoms with van der Waals surface area (Å²) in [5.74, 6) is -0.487. The predicted molar refractivity (Wildman–Crippen MR) is 65.7 cm³/mol. The number of methoxy groups -OCH3 is 1. The number of hydrogen-bond donors (Lipinski definition) is 2. The molecule has 94 valence electrons. The average molecular weight is 238 g/mol. The number of hydrogen-bond acceptors (Lipinski definition) is 4. The molecule has 1 rings (SSSR count). The highest BCUT2D eigenvalue weighted by Crippen LogP contribution is 2.01. The Morgan fingerprint density at radius 1 is 1.53 bits per heavy atom. The van der Waals surface area contributed by atoms with Crippen molar-refractivity contribution in [1.29, 1.82) is 0 Å². The lowest BCUT2D eigenvalue weighted by Crippen LogP contribution is -2.41. The van der Waals surface area contributed by atoms with Gasteiger partial charge in [0, 0.05) is 1.37 Å². The number of aryl methyl sites for hydroxylation is 1. The zero-order valence-corrected chi connectivity index (χ0v) is 9.93. The fourth-order valence-corrected chi connectivity index (χ4v) is 1.45. The van der Waals surface area contributed by atoms with Gasteiger partial charge in [0.05, 0.1) is 13.7 Å². The van der Waals surface area contributed by atoms with Gasteiger partial charge in [0.1, 0.15) is 6.04 Å². The first-order valence-electron chi connectivity index (χ1n) is 6.16. The van der Waals surface area contributed by atoms with Gasteiger partial charge in [0.2, 0.25) is 0 Å². The molecule has 1 aromatic carbocycles. The Morgan fingerprint density at radius 2 is 2.24 bits per heavy atom. The van der Waals surface area contributed by atoms with E-state index in [1.54, 1.807) is 0 Å². The van der Waals surface area contributed by atoms with Crippen molar-refractivity contribution < 1.29 is 16.0 Å². The van der Waals surface area contributed by atoms with E-state index >= 15 is 0 Å². The van der Waals surface area contributed by atoms with E-state index in [0.29, 0.717) is 13.0 Å². The molecule has 0 saturated carbocycles. The largest absolute Gasteiger partial charge is 0.468 e. The van der Waals surface area contributed by atoms with Gasteiger partial charge in [-0.05, 0) is 24.9 Å². The smallest absolute Gasteiger partial charge is 0.325 e. The minimum absolute atomic E-state index is 0.305. The van der Waals surface area contributed by atoms with Crippen LogP contribution in [0.2, 0.25) is 0 Å². The molecule has 0 amide bonds. The molecule has 0 aliphatic rings. The van der Waals surface area contributed by atoms with Crippen LogP contribution in [0.25, 0.3) is 0 Å². The molecule has 1 unspecified atom stereocenters. The monoisotopic (exact) mass is 238 g/mol. The van der Waals surface area contributed by atoms with Crippen molar-refractivity contribution in [2.45, 2.75) is 18.9 Å². The van der Waals surface area contributed by atoms with Crippen molar-refractivity contribution in [2.24, 2.45) is 0 Å². The van der Waals surface area contributed by atoms with Crippen molar-refractivity contribution in [3.05, 3.63) is 35.9 Å². The van der Waals surface area contributed by atoms with Crippen LogP contribution in [0, 0.1) is 0 Å². The van der Waals surface area contributed by atoms with Gasteiger partial charge in [0.15, 0.2) is 0 Å².